The molecule has 0 aliphatic carbocycles. The Balaban J connectivity index is 1.83. The standard InChI is InChI=1S/C21H21BrN2O2/c1-25-19-8-3-16(4-9-19)14-24(18-7-12-21(22)23-13-18)15-17-5-10-20(26-2)11-6-17/h3-13H,14-15H2,1-2H3. The summed E-state index contributed by atoms with van der Waals surface area (Å²) in [7, 11) is 3.36. The molecule has 0 N–H and O–H groups in total. The summed E-state index contributed by atoms with van der Waals surface area (Å²) in [6, 6.07) is 20.3. The summed E-state index contributed by atoms with van der Waals surface area (Å²) in [5.74, 6) is 1.72. The van der Waals surface area contributed by atoms with E-state index in [1.165, 1.54) is 11.1 Å². The van der Waals surface area contributed by atoms with E-state index in [9.17, 15) is 0 Å². The average molecular weight is 413 g/mol. The molecule has 0 amide bonds. The SMILES string of the molecule is COc1ccc(CN(Cc2ccc(OC)cc2)c2ccc(Br)nc2)cc1. The Kier molecular flexibility index (Phi) is 6.12. The topological polar surface area (TPSA) is 34.6 Å². The third-order valence-corrected chi connectivity index (χ3v) is 4.61. The molecule has 0 saturated heterocycles. The van der Waals surface area contributed by atoms with Crippen molar-refractivity contribution in [2.45, 2.75) is 13.1 Å². The zero-order valence-corrected chi connectivity index (χ0v) is 16.4. The van der Waals surface area contributed by atoms with Gasteiger partial charge in [-0.2, -0.15) is 0 Å². The highest BCUT2D eigenvalue weighted by molar-refractivity contribution is 9.10. The second-order valence-electron chi connectivity index (χ2n) is 5.89. The number of nitrogens with zero attached hydrogens (tertiary/aromatic N) is 2. The fraction of sp³-hybridized carbons (Fsp3) is 0.190. The number of anilines is 1. The minimum Gasteiger partial charge on any atom is -0.497 e. The maximum absolute atomic E-state index is 5.25. The maximum atomic E-state index is 5.25. The highest BCUT2D eigenvalue weighted by Crippen LogP contribution is 2.23. The summed E-state index contributed by atoms with van der Waals surface area (Å²) in [5, 5.41) is 0. The van der Waals surface area contributed by atoms with Crippen LogP contribution in [-0.4, -0.2) is 19.2 Å². The van der Waals surface area contributed by atoms with Gasteiger partial charge in [-0.1, -0.05) is 24.3 Å². The second kappa shape index (κ2) is 8.72. The Bertz CT molecular complexity index is 769. The molecule has 0 aliphatic rings. The molecule has 0 atom stereocenters. The highest BCUT2D eigenvalue weighted by atomic mass is 79.9. The summed E-state index contributed by atoms with van der Waals surface area (Å²) < 4.78 is 11.3. The average Bonchev–Trinajstić information content (AvgIpc) is 2.69. The number of rotatable bonds is 7. The van der Waals surface area contributed by atoms with Crippen LogP contribution in [0, 0.1) is 0 Å². The minimum atomic E-state index is 0.777. The molecule has 26 heavy (non-hydrogen) atoms. The highest BCUT2D eigenvalue weighted by Gasteiger charge is 2.10. The zero-order chi connectivity index (χ0) is 18.4. The van der Waals surface area contributed by atoms with Gasteiger partial charge >= 0.3 is 0 Å². The van der Waals surface area contributed by atoms with E-state index in [0.29, 0.717) is 0 Å². The van der Waals surface area contributed by atoms with Gasteiger partial charge in [-0.25, -0.2) is 4.98 Å². The van der Waals surface area contributed by atoms with Crippen LogP contribution in [0.5, 0.6) is 11.5 Å². The third kappa shape index (κ3) is 4.76. The molecule has 0 spiro atoms. The van der Waals surface area contributed by atoms with E-state index in [1.54, 1.807) is 14.2 Å². The van der Waals surface area contributed by atoms with Crippen molar-refractivity contribution in [3.63, 3.8) is 0 Å². The molecular formula is C21H21BrN2O2. The lowest BCUT2D eigenvalue weighted by Crippen LogP contribution is -2.22. The number of benzene rings is 2. The minimum absolute atomic E-state index is 0.777. The summed E-state index contributed by atoms with van der Waals surface area (Å²) in [4.78, 5) is 6.67. The molecule has 5 heteroatoms. The first-order valence-electron chi connectivity index (χ1n) is 8.30. The van der Waals surface area contributed by atoms with Crippen LogP contribution in [0.1, 0.15) is 11.1 Å². The molecule has 1 aromatic heterocycles. The molecule has 0 aliphatic heterocycles. The Hall–Kier alpha value is -2.53. The van der Waals surface area contributed by atoms with E-state index >= 15 is 0 Å². The lowest BCUT2D eigenvalue weighted by atomic mass is 10.1. The van der Waals surface area contributed by atoms with Gasteiger partial charge in [0.05, 0.1) is 26.1 Å². The van der Waals surface area contributed by atoms with Gasteiger partial charge in [0.2, 0.25) is 0 Å². The van der Waals surface area contributed by atoms with E-state index in [1.807, 2.05) is 36.5 Å². The third-order valence-electron chi connectivity index (χ3n) is 4.14. The maximum Gasteiger partial charge on any atom is 0.118 e. The number of halogens is 1. The largest absolute Gasteiger partial charge is 0.497 e. The van der Waals surface area contributed by atoms with Crippen LogP contribution in [0.3, 0.4) is 0 Å². The zero-order valence-electron chi connectivity index (χ0n) is 14.9. The number of aromatic nitrogens is 1. The van der Waals surface area contributed by atoms with Crippen molar-refractivity contribution in [3.05, 3.63) is 82.6 Å². The molecule has 0 saturated carbocycles. The number of ether oxygens (including phenoxy) is 2. The van der Waals surface area contributed by atoms with Crippen LogP contribution in [0.15, 0.2) is 71.5 Å². The Labute approximate surface area is 162 Å². The van der Waals surface area contributed by atoms with Crippen molar-refractivity contribution >= 4 is 21.6 Å². The molecule has 3 rings (SSSR count). The van der Waals surface area contributed by atoms with Crippen molar-refractivity contribution in [3.8, 4) is 11.5 Å². The summed E-state index contributed by atoms with van der Waals surface area (Å²) in [5.41, 5.74) is 3.49. The quantitative estimate of drug-likeness (QED) is 0.507. The first-order valence-corrected chi connectivity index (χ1v) is 9.09. The van der Waals surface area contributed by atoms with Crippen LogP contribution in [-0.2, 0) is 13.1 Å². The van der Waals surface area contributed by atoms with Crippen LogP contribution in [0.4, 0.5) is 5.69 Å². The van der Waals surface area contributed by atoms with Gasteiger partial charge in [-0.05, 0) is 63.5 Å². The molecule has 0 radical (unpaired) electrons. The monoisotopic (exact) mass is 412 g/mol. The summed E-state index contributed by atoms with van der Waals surface area (Å²) in [6.07, 6.45) is 1.89. The number of pyridine rings is 1. The summed E-state index contributed by atoms with van der Waals surface area (Å²) in [6.45, 7) is 1.55. The van der Waals surface area contributed by atoms with Gasteiger partial charge in [0, 0.05) is 13.1 Å². The summed E-state index contributed by atoms with van der Waals surface area (Å²) >= 11 is 3.40. The van der Waals surface area contributed by atoms with Crippen molar-refractivity contribution in [2.24, 2.45) is 0 Å². The van der Waals surface area contributed by atoms with E-state index in [2.05, 4.69) is 56.1 Å². The molecule has 3 aromatic rings. The number of methoxy groups -OCH3 is 2. The molecule has 134 valence electrons. The normalized spacial score (nSPS) is 10.4. The first kappa shape index (κ1) is 18.3. The molecular weight excluding hydrogens is 392 g/mol. The van der Waals surface area contributed by atoms with Gasteiger partial charge in [0.1, 0.15) is 16.1 Å². The smallest absolute Gasteiger partial charge is 0.118 e. The Morgan fingerprint density at radius 3 is 1.65 bits per heavy atom. The number of hydrogen-bond acceptors (Lipinski definition) is 4. The van der Waals surface area contributed by atoms with Gasteiger partial charge in [0.25, 0.3) is 0 Å². The second-order valence-corrected chi connectivity index (χ2v) is 6.70. The van der Waals surface area contributed by atoms with Crippen molar-refractivity contribution in [1.29, 1.82) is 0 Å². The van der Waals surface area contributed by atoms with E-state index < -0.39 is 0 Å². The first-order chi connectivity index (χ1) is 12.7. The Morgan fingerprint density at radius 1 is 0.769 bits per heavy atom. The van der Waals surface area contributed by atoms with Crippen LogP contribution in [0.2, 0.25) is 0 Å². The predicted molar refractivity (Wildman–Crippen MR) is 108 cm³/mol. The van der Waals surface area contributed by atoms with Crippen LogP contribution in [0.25, 0.3) is 0 Å². The van der Waals surface area contributed by atoms with E-state index in [0.717, 1.165) is 34.9 Å². The van der Waals surface area contributed by atoms with E-state index in [4.69, 9.17) is 9.47 Å². The van der Waals surface area contributed by atoms with Crippen molar-refractivity contribution < 1.29 is 9.47 Å². The lowest BCUT2D eigenvalue weighted by molar-refractivity contribution is 0.414. The van der Waals surface area contributed by atoms with Crippen molar-refractivity contribution in [1.82, 2.24) is 4.98 Å². The van der Waals surface area contributed by atoms with Gasteiger partial charge in [-0.15, -0.1) is 0 Å². The Morgan fingerprint density at radius 2 is 1.27 bits per heavy atom. The molecule has 4 nitrogen and oxygen atoms in total. The fourth-order valence-corrected chi connectivity index (χ4v) is 2.93. The fourth-order valence-electron chi connectivity index (χ4n) is 2.70. The van der Waals surface area contributed by atoms with Gasteiger partial charge in [0.15, 0.2) is 0 Å². The molecule has 0 unspecified atom stereocenters. The van der Waals surface area contributed by atoms with Crippen LogP contribution < -0.4 is 14.4 Å². The predicted octanol–water partition coefficient (Wildman–Crippen LogP) is 5.07. The van der Waals surface area contributed by atoms with Gasteiger partial charge < -0.3 is 14.4 Å². The van der Waals surface area contributed by atoms with Crippen molar-refractivity contribution in [2.75, 3.05) is 19.1 Å². The lowest BCUT2D eigenvalue weighted by Gasteiger charge is -2.25. The van der Waals surface area contributed by atoms with Gasteiger partial charge in [-0.3, -0.25) is 0 Å². The molecule has 0 bridgehead atoms. The number of hydrogen-bond donors (Lipinski definition) is 0. The van der Waals surface area contributed by atoms with Crippen LogP contribution >= 0.6 is 15.9 Å². The molecule has 1 heterocycles. The molecule has 0 fully saturated rings. The van der Waals surface area contributed by atoms with E-state index in [-0.39, 0.29) is 0 Å². The molecule has 2 aromatic carbocycles.